The van der Waals surface area contributed by atoms with Crippen LogP contribution < -0.4 is 9.62 Å². The molecule has 4 rings (SSSR count). The predicted molar refractivity (Wildman–Crippen MR) is 111 cm³/mol. The molecule has 0 unspecified atom stereocenters. The summed E-state index contributed by atoms with van der Waals surface area (Å²) in [6.07, 6.45) is 5.37. The maximum Gasteiger partial charge on any atom is 0.242 e. The fraction of sp³-hybridized carbons (Fsp3) is 0.333. The summed E-state index contributed by atoms with van der Waals surface area (Å²) in [6.45, 7) is 4.29. The number of benzene rings is 1. The Balaban J connectivity index is 1.39. The zero-order chi connectivity index (χ0) is 19.6. The number of hydrogen-bond donors (Lipinski definition) is 1. The highest BCUT2D eigenvalue weighted by Crippen LogP contribution is 2.24. The number of nitrogens with one attached hydrogen (secondary N) is 1. The van der Waals surface area contributed by atoms with Crippen molar-refractivity contribution in [3.05, 3.63) is 60.6 Å². The molecule has 1 aromatic carbocycles. The molecule has 1 aliphatic rings. The van der Waals surface area contributed by atoms with Gasteiger partial charge in [0.2, 0.25) is 10.0 Å². The van der Waals surface area contributed by atoms with Crippen molar-refractivity contribution >= 4 is 26.6 Å². The molecule has 0 saturated carbocycles. The van der Waals surface area contributed by atoms with Gasteiger partial charge in [0.05, 0.1) is 5.52 Å². The van der Waals surface area contributed by atoms with Gasteiger partial charge in [-0.15, -0.1) is 0 Å². The Hall–Kier alpha value is -2.51. The normalized spacial score (nSPS) is 15.8. The molecule has 1 N–H and O–H groups in total. The van der Waals surface area contributed by atoms with E-state index in [2.05, 4.69) is 25.7 Å². The Morgan fingerprint density at radius 1 is 1.07 bits per heavy atom. The highest BCUT2D eigenvalue weighted by Gasteiger charge is 2.23. The number of fused-ring (bicyclic) bond motifs is 1. The summed E-state index contributed by atoms with van der Waals surface area (Å²) in [4.78, 5) is 11.1. The molecule has 6 nitrogen and oxygen atoms in total. The lowest BCUT2D eigenvalue weighted by molar-refractivity contribution is 0.402. The zero-order valence-corrected chi connectivity index (χ0v) is 16.7. The number of nitrogens with zero attached hydrogens (tertiary/aromatic N) is 3. The van der Waals surface area contributed by atoms with Crippen LogP contribution >= 0.6 is 0 Å². The first-order valence-electron chi connectivity index (χ1n) is 9.54. The van der Waals surface area contributed by atoms with Crippen LogP contribution in [0.25, 0.3) is 10.9 Å². The molecular weight excluding hydrogens is 372 g/mol. The van der Waals surface area contributed by atoms with Crippen molar-refractivity contribution in [2.75, 3.05) is 24.5 Å². The van der Waals surface area contributed by atoms with E-state index >= 15 is 0 Å². The molecule has 0 aliphatic carbocycles. The quantitative estimate of drug-likeness (QED) is 0.717. The Morgan fingerprint density at radius 3 is 2.64 bits per heavy atom. The molecule has 0 bridgehead atoms. The first-order valence-corrected chi connectivity index (χ1v) is 11.0. The van der Waals surface area contributed by atoms with Crippen molar-refractivity contribution < 1.29 is 8.42 Å². The van der Waals surface area contributed by atoms with Gasteiger partial charge in [-0.05, 0) is 49.9 Å². The highest BCUT2D eigenvalue weighted by molar-refractivity contribution is 7.89. The second-order valence-electron chi connectivity index (χ2n) is 7.27. The van der Waals surface area contributed by atoms with Crippen molar-refractivity contribution in [2.45, 2.75) is 24.7 Å². The van der Waals surface area contributed by atoms with Gasteiger partial charge < -0.3 is 4.90 Å². The topological polar surface area (TPSA) is 75.2 Å². The first kappa shape index (κ1) is 18.8. The molecule has 3 heterocycles. The Kier molecular flexibility index (Phi) is 5.28. The molecular formula is C21H24N4O2S. The second-order valence-corrected chi connectivity index (χ2v) is 9.00. The molecule has 1 saturated heterocycles. The van der Waals surface area contributed by atoms with Gasteiger partial charge in [-0.1, -0.05) is 18.2 Å². The number of para-hydroxylation sites is 1. The van der Waals surface area contributed by atoms with E-state index in [1.807, 2.05) is 37.4 Å². The van der Waals surface area contributed by atoms with E-state index in [0.717, 1.165) is 37.0 Å². The minimum absolute atomic E-state index is 0.246. The van der Waals surface area contributed by atoms with E-state index in [4.69, 9.17) is 0 Å². The van der Waals surface area contributed by atoms with Gasteiger partial charge in [-0.3, -0.25) is 9.97 Å². The summed E-state index contributed by atoms with van der Waals surface area (Å²) in [7, 11) is -3.59. The minimum atomic E-state index is -3.59. The molecule has 0 spiro atoms. The lowest BCUT2D eigenvalue weighted by Gasteiger charge is -2.33. The number of anilines is 1. The first-order chi connectivity index (χ1) is 13.5. The third kappa shape index (κ3) is 4.00. The number of sulfonamides is 1. The summed E-state index contributed by atoms with van der Waals surface area (Å²) in [5, 5.41) is 0.825. The molecule has 3 aromatic rings. The summed E-state index contributed by atoms with van der Waals surface area (Å²) in [5.74, 6) is 0.330. The van der Waals surface area contributed by atoms with Crippen LogP contribution in [-0.4, -0.2) is 38.0 Å². The van der Waals surface area contributed by atoms with E-state index < -0.39 is 10.0 Å². The molecule has 1 fully saturated rings. The minimum Gasteiger partial charge on any atom is -0.371 e. The number of aromatic nitrogens is 2. The molecule has 2 aromatic heterocycles. The standard InChI is InChI=1S/C21H24N4O2S/c1-16-14-19(7-11-22-16)25-12-8-17(9-13-25)15-24-28(26,27)20-6-2-4-18-5-3-10-23-21(18)20/h2-7,10-11,14,17,24H,8-9,12-13,15H2,1H3. The Labute approximate surface area is 165 Å². The molecule has 0 atom stereocenters. The maximum absolute atomic E-state index is 12.8. The van der Waals surface area contributed by atoms with Crippen molar-refractivity contribution in [2.24, 2.45) is 5.92 Å². The van der Waals surface area contributed by atoms with Crippen LogP contribution in [0.5, 0.6) is 0 Å². The Morgan fingerprint density at radius 2 is 1.86 bits per heavy atom. The number of pyridine rings is 2. The van der Waals surface area contributed by atoms with E-state index in [9.17, 15) is 8.42 Å². The van der Waals surface area contributed by atoms with Crippen LogP contribution in [0.15, 0.2) is 59.8 Å². The largest absolute Gasteiger partial charge is 0.371 e. The summed E-state index contributed by atoms with van der Waals surface area (Å²) in [6, 6.07) is 13.1. The van der Waals surface area contributed by atoms with Crippen LogP contribution in [0.4, 0.5) is 5.69 Å². The van der Waals surface area contributed by atoms with E-state index in [0.29, 0.717) is 18.0 Å². The van der Waals surface area contributed by atoms with Gasteiger partial charge >= 0.3 is 0 Å². The van der Waals surface area contributed by atoms with Crippen LogP contribution in [0.3, 0.4) is 0 Å². The van der Waals surface area contributed by atoms with Crippen LogP contribution in [0, 0.1) is 12.8 Å². The number of piperidine rings is 1. The Bertz CT molecular complexity index is 1070. The highest BCUT2D eigenvalue weighted by atomic mass is 32.2. The summed E-state index contributed by atoms with van der Waals surface area (Å²) < 4.78 is 28.5. The van der Waals surface area contributed by atoms with Crippen molar-refractivity contribution in [3.8, 4) is 0 Å². The van der Waals surface area contributed by atoms with Crippen molar-refractivity contribution in [1.29, 1.82) is 0 Å². The molecule has 1 aliphatic heterocycles. The van der Waals surface area contributed by atoms with Crippen molar-refractivity contribution in [1.82, 2.24) is 14.7 Å². The second kappa shape index (κ2) is 7.85. The monoisotopic (exact) mass is 396 g/mol. The van der Waals surface area contributed by atoms with Gasteiger partial charge in [0, 0.05) is 48.8 Å². The number of rotatable bonds is 5. The number of aryl methyl sites for hydroxylation is 1. The lowest BCUT2D eigenvalue weighted by atomic mass is 9.97. The average molecular weight is 397 g/mol. The summed E-state index contributed by atoms with van der Waals surface area (Å²) >= 11 is 0. The fourth-order valence-electron chi connectivity index (χ4n) is 3.72. The van der Waals surface area contributed by atoms with Gasteiger partial charge in [-0.25, -0.2) is 13.1 Å². The smallest absolute Gasteiger partial charge is 0.242 e. The summed E-state index contributed by atoms with van der Waals surface area (Å²) in [5.41, 5.74) is 2.71. The van der Waals surface area contributed by atoms with E-state index in [-0.39, 0.29) is 4.90 Å². The van der Waals surface area contributed by atoms with Crippen LogP contribution in [-0.2, 0) is 10.0 Å². The molecule has 28 heavy (non-hydrogen) atoms. The van der Waals surface area contributed by atoms with E-state index in [1.54, 1.807) is 18.3 Å². The SMILES string of the molecule is Cc1cc(N2CCC(CNS(=O)(=O)c3cccc4cccnc34)CC2)ccn1. The van der Waals surface area contributed by atoms with Crippen molar-refractivity contribution in [3.63, 3.8) is 0 Å². The van der Waals surface area contributed by atoms with Gasteiger partial charge in [0.25, 0.3) is 0 Å². The lowest BCUT2D eigenvalue weighted by Crippen LogP contribution is -2.38. The molecule has 0 radical (unpaired) electrons. The predicted octanol–water partition coefficient (Wildman–Crippen LogP) is 3.13. The average Bonchev–Trinajstić information content (AvgIpc) is 2.72. The number of hydrogen-bond acceptors (Lipinski definition) is 5. The molecule has 0 amide bonds. The van der Waals surface area contributed by atoms with Gasteiger partial charge in [0.15, 0.2) is 0 Å². The molecule has 146 valence electrons. The fourth-order valence-corrected chi connectivity index (χ4v) is 5.01. The van der Waals surface area contributed by atoms with E-state index in [1.165, 1.54) is 5.69 Å². The van der Waals surface area contributed by atoms with Crippen LogP contribution in [0.2, 0.25) is 0 Å². The van der Waals surface area contributed by atoms with Crippen LogP contribution in [0.1, 0.15) is 18.5 Å². The maximum atomic E-state index is 12.8. The third-order valence-corrected chi connectivity index (χ3v) is 6.76. The van der Waals surface area contributed by atoms with Gasteiger partial charge in [-0.2, -0.15) is 0 Å². The zero-order valence-electron chi connectivity index (χ0n) is 15.9. The molecule has 7 heteroatoms. The third-order valence-electron chi connectivity index (χ3n) is 5.31. The van der Waals surface area contributed by atoms with Gasteiger partial charge in [0.1, 0.15) is 4.90 Å².